The summed E-state index contributed by atoms with van der Waals surface area (Å²) in [6.45, 7) is 7.82. The molecule has 8 heteroatoms. The predicted octanol–water partition coefficient (Wildman–Crippen LogP) is 2.27. The van der Waals surface area contributed by atoms with Gasteiger partial charge in [0.15, 0.2) is 5.96 Å². The summed E-state index contributed by atoms with van der Waals surface area (Å²) < 4.78 is 24.0. The van der Waals surface area contributed by atoms with Crippen LogP contribution in [0.2, 0.25) is 0 Å². The monoisotopic (exact) mass is 420 g/mol. The van der Waals surface area contributed by atoms with Crippen molar-refractivity contribution in [3.63, 3.8) is 0 Å². The highest BCUT2D eigenvalue weighted by Gasteiger charge is 2.30. The molecule has 0 aromatic heterocycles. The van der Waals surface area contributed by atoms with Gasteiger partial charge in [-0.25, -0.2) is 4.39 Å². The highest BCUT2D eigenvalue weighted by Crippen LogP contribution is 2.16. The normalized spacial score (nSPS) is 19.8. The molecule has 0 radical (unpaired) electrons. The number of amides is 1. The lowest BCUT2D eigenvalue weighted by Crippen LogP contribution is -2.55. The summed E-state index contributed by atoms with van der Waals surface area (Å²) in [5.74, 6) is 1.46. The highest BCUT2D eigenvalue weighted by atomic mass is 19.1. The van der Waals surface area contributed by atoms with Crippen molar-refractivity contribution < 1.29 is 18.7 Å². The average molecular weight is 421 g/mol. The van der Waals surface area contributed by atoms with Gasteiger partial charge in [-0.05, 0) is 56.9 Å². The summed E-state index contributed by atoms with van der Waals surface area (Å²) >= 11 is 0. The minimum atomic E-state index is -0.260. The Hall–Kier alpha value is -2.35. The van der Waals surface area contributed by atoms with Gasteiger partial charge < -0.3 is 24.6 Å². The second-order valence-corrected chi connectivity index (χ2v) is 7.56. The predicted molar refractivity (Wildman–Crippen MR) is 114 cm³/mol. The van der Waals surface area contributed by atoms with Crippen molar-refractivity contribution in [1.82, 2.24) is 15.1 Å². The van der Waals surface area contributed by atoms with E-state index in [0.29, 0.717) is 38.6 Å². The van der Waals surface area contributed by atoms with Crippen molar-refractivity contribution in [2.75, 3.05) is 52.5 Å². The lowest BCUT2D eigenvalue weighted by Gasteiger charge is -2.37. The molecule has 1 amide bonds. The number of nitrogens with zero attached hydrogens (tertiary/aromatic N) is 3. The topological polar surface area (TPSA) is 66.4 Å². The number of benzene rings is 1. The third-order valence-corrected chi connectivity index (χ3v) is 5.33. The van der Waals surface area contributed by atoms with E-state index < -0.39 is 0 Å². The maximum Gasteiger partial charge on any atom is 0.251 e. The zero-order chi connectivity index (χ0) is 21.2. The first-order chi connectivity index (χ1) is 14.7. The van der Waals surface area contributed by atoms with Crippen molar-refractivity contribution >= 4 is 11.9 Å². The van der Waals surface area contributed by atoms with Crippen LogP contribution in [0.25, 0.3) is 0 Å². The molecule has 0 saturated carbocycles. The molecule has 166 valence electrons. The molecular formula is C22H33FN4O3. The van der Waals surface area contributed by atoms with Crippen molar-refractivity contribution in [1.29, 1.82) is 0 Å². The number of carbonyl (C=O) groups is 1. The number of guanidine groups is 1. The molecule has 0 bridgehead atoms. The Morgan fingerprint density at radius 2 is 1.93 bits per heavy atom. The van der Waals surface area contributed by atoms with Gasteiger partial charge in [0, 0.05) is 45.9 Å². The van der Waals surface area contributed by atoms with E-state index >= 15 is 0 Å². The summed E-state index contributed by atoms with van der Waals surface area (Å²) in [4.78, 5) is 21.4. The van der Waals surface area contributed by atoms with Crippen molar-refractivity contribution in [2.45, 2.75) is 38.7 Å². The minimum absolute atomic E-state index is 0.134. The summed E-state index contributed by atoms with van der Waals surface area (Å²) in [7, 11) is 0. The zero-order valence-electron chi connectivity index (χ0n) is 17.8. The van der Waals surface area contributed by atoms with E-state index in [4.69, 9.17) is 14.5 Å². The van der Waals surface area contributed by atoms with Gasteiger partial charge in [0.2, 0.25) is 0 Å². The van der Waals surface area contributed by atoms with Crippen LogP contribution in [0.1, 0.15) is 32.6 Å². The molecule has 1 atom stereocenters. The molecule has 1 unspecified atom stereocenters. The van der Waals surface area contributed by atoms with E-state index in [-0.39, 0.29) is 17.8 Å². The van der Waals surface area contributed by atoms with E-state index in [1.807, 2.05) is 4.90 Å². The Balaban J connectivity index is 1.37. The smallest absolute Gasteiger partial charge is 0.251 e. The number of hydrogen-bond acceptors (Lipinski definition) is 4. The third kappa shape index (κ3) is 6.58. The second-order valence-electron chi connectivity index (χ2n) is 7.56. The van der Waals surface area contributed by atoms with Gasteiger partial charge in [-0.2, -0.15) is 0 Å². The van der Waals surface area contributed by atoms with Crippen molar-refractivity contribution in [3.05, 3.63) is 30.1 Å². The van der Waals surface area contributed by atoms with Crippen LogP contribution < -0.4 is 10.1 Å². The first-order valence-corrected chi connectivity index (χ1v) is 11.0. The van der Waals surface area contributed by atoms with Crippen LogP contribution in [-0.4, -0.2) is 80.3 Å². The van der Waals surface area contributed by atoms with Gasteiger partial charge in [0.05, 0.1) is 6.61 Å². The molecule has 1 aromatic rings. The molecular weight excluding hydrogens is 387 g/mol. The van der Waals surface area contributed by atoms with Crippen LogP contribution in [-0.2, 0) is 9.53 Å². The van der Waals surface area contributed by atoms with Crippen LogP contribution in [0, 0.1) is 5.82 Å². The van der Waals surface area contributed by atoms with Crippen molar-refractivity contribution in [3.8, 4) is 5.75 Å². The number of rotatable bonds is 8. The minimum Gasteiger partial charge on any atom is -0.494 e. The molecule has 2 aliphatic rings. The number of carbonyl (C=O) groups excluding carboxylic acids is 1. The van der Waals surface area contributed by atoms with Gasteiger partial charge >= 0.3 is 0 Å². The maximum atomic E-state index is 12.9. The lowest BCUT2D eigenvalue weighted by atomic mass is 10.2. The third-order valence-electron chi connectivity index (χ3n) is 5.33. The summed E-state index contributed by atoms with van der Waals surface area (Å²) in [6, 6.07) is 6.08. The van der Waals surface area contributed by atoms with E-state index in [1.54, 1.807) is 12.1 Å². The van der Waals surface area contributed by atoms with Crippen LogP contribution in [0.15, 0.2) is 29.3 Å². The number of unbranched alkanes of at least 4 members (excludes halogenated alkanes) is 1. The standard InChI is InChI=1S/C22H33FN4O3/c1-2-24-22(25-11-3-4-16-29-19-9-7-18(23)8-10-19)27-14-12-26(13-15-27)21(28)20-6-5-17-30-20/h7-10,20H,2-6,11-17H2,1H3,(H,24,25). The van der Waals surface area contributed by atoms with Crippen molar-refractivity contribution in [2.24, 2.45) is 4.99 Å². The van der Waals surface area contributed by atoms with Gasteiger partial charge in [0.1, 0.15) is 17.7 Å². The van der Waals surface area contributed by atoms with E-state index in [9.17, 15) is 9.18 Å². The van der Waals surface area contributed by atoms with Gasteiger partial charge in [-0.1, -0.05) is 0 Å². The van der Waals surface area contributed by atoms with Crippen LogP contribution in [0.5, 0.6) is 5.75 Å². The molecule has 0 spiro atoms. The molecule has 3 rings (SSSR count). The van der Waals surface area contributed by atoms with Crippen LogP contribution in [0.3, 0.4) is 0 Å². The Labute approximate surface area is 178 Å². The molecule has 1 aromatic carbocycles. The molecule has 30 heavy (non-hydrogen) atoms. The fourth-order valence-corrected chi connectivity index (χ4v) is 3.66. The quantitative estimate of drug-likeness (QED) is 0.397. The molecule has 1 N–H and O–H groups in total. The number of ether oxygens (including phenoxy) is 2. The number of piperazine rings is 1. The Bertz CT molecular complexity index is 684. The molecule has 7 nitrogen and oxygen atoms in total. The number of halogens is 1. The Morgan fingerprint density at radius 3 is 2.60 bits per heavy atom. The largest absolute Gasteiger partial charge is 0.494 e. The number of nitrogens with one attached hydrogen (secondary N) is 1. The number of aliphatic imine (C=N–C) groups is 1. The molecule has 2 heterocycles. The van der Waals surface area contributed by atoms with E-state index in [2.05, 4.69) is 17.1 Å². The fraction of sp³-hybridized carbons (Fsp3) is 0.636. The summed E-state index contributed by atoms with van der Waals surface area (Å²) in [5, 5.41) is 3.35. The lowest BCUT2D eigenvalue weighted by molar-refractivity contribution is -0.142. The van der Waals surface area contributed by atoms with E-state index in [0.717, 1.165) is 51.3 Å². The van der Waals surface area contributed by atoms with Crippen LogP contribution >= 0.6 is 0 Å². The van der Waals surface area contributed by atoms with E-state index in [1.165, 1.54) is 12.1 Å². The zero-order valence-corrected chi connectivity index (χ0v) is 17.8. The summed E-state index contributed by atoms with van der Waals surface area (Å²) in [5.41, 5.74) is 0. The first-order valence-electron chi connectivity index (χ1n) is 11.0. The van der Waals surface area contributed by atoms with Crippen LogP contribution in [0.4, 0.5) is 4.39 Å². The first kappa shape index (κ1) is 22.3. The fourth-order valence-electron chi connectivity index (χ4n) is 3.66. The molecule has 2 aliphatic heterocycles. The highest BCUT2D eigenvalue weighted by molar-refractivity contribution is 5.82. The molecule has 2 fully saturated rings. The average Bonchev–Trinajstić information content (AvgIpc) is 3.31. The van der Waals surface area contributed by atoms with Gasteiger partial charge in [0.25, 0.3) is 5.91 Å². The maximum absolute atomic E-state index is 12.9. The Kier molecular flexibility index (Phi) is 8.74. The summed E-state index contributed by atoms with van der Waals surface area (Å²) in [6.07, 6.45) is 3.37. The van der Waals surface area contributed by atoms with Gasteiger partial charge in [-0.15, -0.1) is 0 Å². The van der Waals surface area contributed by atoms with Gasteiger partial charge in [-0.3, -0.25) is 9.79 Å². The number of hydrogen-bond donors (Lipinski definition) is 1. The Morgan fingerprint density at radius 1 is 1.20 bits per heavy atom. The molecule has 2 saturated heterocycles. The molecule has 0 aliphatic carbocycles. The SMILES string of the molecule is CCNC(=NCCCCOc1ccc(F)cc1)N1CCN(C(=O)C2CCCO2)CC1. The second kappa shape index (κ2) is 11.7.